The summed E-state index contributed by atoms with van der Waals surface area (Å²) >= 11 is 6.18. The summed E-state index contributed by atoms with van der Waals surface area (Å²) in [4.78, 5) is 16.2. The first kappa shape index (κ1) is 15.3. The number of hydrogen-bond acceptors (Lipinski definition) is 3. The van der Waals surface area contributed by atoms with Crippen LogP contribution in [0, 0.1) is 5.92 Å². The Balaban J connectivity index is 2.00. The largest absolute Gasteiger partial charge is 0.369 e. The number of piperazine rings is 1. The van der Waals surface area contributed by atoms with E-state index in [2.05, 4.69) is 23.6 Å². The van der Waals surface area contributed by atoms with Crippen LogP contribution in [0.2, 0.25) is 5.02 Å². The van der Waals surface area contributed by atoms with Crippen LogP contribution in [0.3, 0.4) is 0 Å². The summed E-state index contributed by atoms with van der Waals surface area (Å²) in [5.74, 6) is 0.731. The summed E-state index contributed by atoms with van der Waals surface area (Å²) < 4.78 is 0. The highest BCUT2D eigenvalue weighted by atomic mass is 35.5. The smallest absolute Gasteiger partial charge is 0.161 e. The van der Waals surface area contributed by atoms with Crippen LogP contribution in [0.4, 0.5) is 5.69 Å². The quantitative estimate of drug-likeness (QED) is 0.796. The highest BCUT2D eigenvalue weighted by molar-refractivity contribution is 6.34. The molecule has 1 aliphatic heterocycles. The van der Waals surface area contributed by atoms with Crippen molar-refractivity contribution in [2.45, 2.75) is 20.8 Å². The zero-order chi connectivity index (χ0) is 14.7. The fourth-order valence-corrected chi connectivity index (χ4v) is 3.00. The normalized spacial score (nSPS) is 16.8. The molecule has 1 aromatic carbocycles. The second-order valence-electron chi connectivity index (χ2n) is 5.90. The van der Waals surface area contributed by atoms with Gasteiger partial charge in [0, 0.05) is 44.0 Å². The van der Waals surface area contributed by atoms with Crippen molar-refractivity contribution in [1.82, 2.24) is 4.90 Å². The van der Waals surface area contributed by atoms with E-state index in [1.54, 1.807) is 6.92 Å². The minimum atomic E-state index is 0.0169. The molecular weight excluding hydrogens is 272 g/mol. The van der Waals surface area contributed by atoms with E-state index in [0.717, 1.165) is 38.4 Å². The second-order valence-corrected chi connectivity index (χ2v) is 6.31. The summed E-state index contributed by atoms with van der Waals surface area (Å²) in [6.07, 6.45) is 0. The zero-order valence-corrected chi connectivity index (χ0v) is 13.3. The molecule has 0 radical (unpaired) electrons. The van der Waals surface area contributed by atoms with Crippen molar-refractivity contribution in [2.75, 3.05) is 37.6 Å². The van der Waals surface area contributed by atoms with Gasteiger partial charge in [0.2, 0.25) is 0 Å². The molecule has 0 bridgehead atoms. The Kier molecular flexibility index (Phi) is 5.06. The lowest BCUT2D eigenvalue weighted by molar-refractivity contribution is 0.101. The van der Waals surface area contributed by atoms with E-state index in [0.29, 0.717) is 16.5 Å². The van der Waals surface area contributed by atoms with Crippen LogP contribution in [-0.2, 0) is 0 Å². The lowest BCUT2D eigenvalue weighted by Crippen LogP contribution is -2.47. The van der Waals surface area contributed by atoms with Crippen LogP contribution >= 0.6 is 11.6 Å². The van der Waals surface area contributed by atoms with Crippen molar-refractivity contribution >= 4 is 23.1 Å². The number of hydrogen-bond donors (Lipinski definition) is 0. The third-order valence-corrected chi connectivity index (χ3v) is 4.01. The van der Waals surface area contributed by atoms with Crippen LogP contribution in [0.5, 0.6) is 0 Å². The molecule has 1 fully saturated rings. The number of carbonyl (C=O) groups excluding carboxylic acids is 1. The summed E-state index contributed by atoms with van der Waals surface area (Å²) in [5.41, 5.74) is 1.72. The zero-order valence-electron chi connectivity index (χ0n) is 12.5. The van der Waals surface area contributed by atoms with E-state index in [4.69, 9.17) is 11.6 Å². The summed E-state index contributed by atoms with van der Waals surface area (Å²) in [5, 5.41) is 0.555. The van der Waals surface area contributed by atoms with E-state index in [9.17, 15) is 4.79 Å². The molecule has 3 nitrogen and oxygen atoms in total. The second kappa shape index (κ2) is 6.59. The van der Waals surface area contributed by atoms with Gasteiger partial charge in [-0.15, -0.1) is 0 Å². The Bertz CT molecular complexity index is 479. The molecule has 0 N–H and O–H groups in total. The number of benzene rings is 1. The molecule has 0 atom stereocenters. The molecule has 1 saturated heterocycles. The molecule has 110 valence electrons. The van der Waals surface area contributed by atoms with E-state index in [1.807, 2.05) is 18.2 Å². The number of anilines is 1. The minimum absolute atomic E-state index is 0.0169. The maximum atomic E-state index is 11.4. The predicted octanol–water partition coefficient (Wildman–Crippen LogP) is 3.32. The van der Waals surface area contributed by atoms with E-state index < -0.39 is 0 Å². The summed E-state index contributed by atoms with van der Waals surface area (Å²) in [7, 11) is 0. The predicted molar refractivity (Wildman–Crippen MR) is 84.9 cm³/mol. The van der Waals surface area contributed by atoms with Gasteiger partial charge in [0.25, 0.3) is 0 Å². The van der Waals surface area contributed by atoms with Gasteiger partial charge < -0.3 is 4.90 Å². The average Bonchev–Trinajstić information content (AvgIpc) is 2.38. The minimum Gasteiger partial charge on any atom is -0.369 e. The van der Waals surface area contributed by atoms with Gasteiger partial charge in [0.1, 0.15) is 0 Å². The van der Waals surface area contributed by atoms with Gasteiger partial charge in [0.15, 0.2) is 5.78 Å². The highest BCUT2D eigenvalue weighted by Gasteiger charge is 2.18. The lowest BCUT2D eigenvalue weighted by Gasteiger charge is -2.37. The molecule has 0 spiro atoms. The molecule has 0 aliphatic carbocycles. The first-order valence-corrected chi connectivity index (χ1v) is 7.63. The standard InChI is InChI=1S/C16H23ClN2O/c1-12(2)11-18-6-8-19(9-7-18)14-4-5-15(13(3)20)16(17)10-14/h4-5,10,12H,6-9,11H2,1-3H3. The van der Waals surface area contributed by atoms with Gasteiger partial charge in [0.05, 0.1) is 5.02 Å². The molecule has 1 aromatic rings. The van der Waals surface area contributed by atoms with Crippen LogP contribution in [0.25, 0.3) is 0 Å². The SMILES string of the molecule is CC(=O)c1ccc(N2CCN(CC(C)C)CC2)cc1Cl. The lowest BCUT2D eigenvalue weighted by atomic mass is 10.1. The molecule has 0 saturated carbocycles. The van der Waals surface area contributed by atoms with Gasteiger partial charge in [-0.2, -0.15) is 0 Å². The molecular formula is C16H23ClN2O. The number of nitrogens with zero attached hydrogens (tertiary/aromatic N) is 2. The van der Waals surface area contributed by atoms with Crippen LogP contribution in [-0.4, -0.2) is 43.4 Å². The number of halogens is 1. The number of Topliss-reactive ketones (excluding diaryl/α,β-unsaturated/α-hetero) is 1. The highest BCUT2D eigenvalue weighted by Crippen LogP contribution is 2.25. The maximum absolute atomic E-state index is 11.4. The van der Waals surface area contributed by atoms with Crippen molar-refractivity contribution in [3.8, 4) is 0 Å². The summed E-state index contributed by atoms with van der Waals surface area (Å²) in [6.45, 7) is 11.4. The van der Waals surface area contributed by atoms with Gasteiger partial charge in [-0.05, 0) is 31.0 Å². The first-order chi connectivity index (χ1) is 9.47. The Morgan fingerprint density at radius 1 is 1.25 bits per heavy atom. The average molecular weight is 295 g/mol. The Morgan fingerprint density at radius 2 is 1.90 bits per heavy atom. The van der Waals surface area contributed by atoms with Crippen molar-refractivity contribution in [2.24, 2.45) is 5.92 Å². The van der Waals surface area contributed by atoms with Crippen LogP contribution in [0.15, 0.2) is 18.2 Å². The molecule has 1 heterocycles. The Hall–Kier alpha value is -1.06. The van der Waals surface area contributed by atoms with Crippen LogP contribution in [0.1, 0.15) is 31.1 Å². The van der Waals surface area contributed by atoms with Crippen molar-refractivity contribution < 1.29 is 4.79 Å². The third kappa shape index (κ3) is 3.74. The fraction of sp³-hybridized carbons (Fsp3) is 0.562. The van der Waals surface area contributed by atoms with Gasteiger partial charge in [-0.3, -0.25) is 9.69 Å². The van der Waals surface area contributed by atoms with E-state index >= 15 is 0 Å². The molecule has 0 unspecified atom stereocenters. The Morgan fingerprint density at radius 3 is 2.40 bits per heavy atom. The third-order valence-electron chi connectivity index (χ3n) is 3.69. The molecule has 0 amide bonds. The van der Waals surface area contributed by atoms with Gasteiger partial charge in [-0.25, -0.2) is 0 Å². The summed E-state index contributed by atoms with van der Waals surface area (Å²) in [6, 6.07) is 5.75. The van der Waals surface area contributed by atoms with Crippen molar-refractivity contribution in [3.63, 3.8) is 0 Å². The fourth-order valence-electron chi connectivity index (χ4n) is 2.69. The van der Waals surface area contributed by atoms with E-state index in [-0.39, 0.29) is 5.78 Å². The number of carbonyl (C=O) groups is 1. The van der Waals surface area contributed by atoms with Crippen molar-refractivity contribution in [3.05, 3.63) is 28.8 Å². The van der Waals surface area contributed by atoms with Gasteiger partial charge >= 0.3 is 0 Å². The number of ketones is 1. The van der Waals surface area contributed by atoms with Crippen molar-refractivity contribution in [1.29, 1.82) is 0 Å². The monoisotopic (exact) mass is 294 g/mol. The molecule has 0 aromatic heterocycles. The molecule has 1 aliphatic rings. The molecule has 4 heteroatoms. The van der Waals surface area contributed by atoms with Gasteiger partial charge in [-0.1, -0.05) is 25.4 Å². The van der Waals surface area contributed by atoms with E-state index in [1.165, 1.54) is 0 Å². The first-order valence-electron chi connectivity index (χ1n) is 7.25. The number of rotatable bonds is 4. The Labute approximate surface area is 126 Å². The molecule has 20 heavy (non-hydrogen) atoms. The topological polar surface area (TPSA) is 23.6 Å². The maximum Gasteiger partial charge on any atom is 0.161 e. The molecule has 2 rings (SSSR count). The van der Waals surface area contributed by atoms with Crippen LogP contribution < -0.4 is 4.90 Å².